The second-order valence-corrected chi connectivity index (χ2v) is 20.6. The summed E-state index contributed by atoms with van der Waals surface area (Å²) in [6, 6.07) is 90.6. The van der Waals surface area contributed by atoms with E-state index in [1.807, 2.05) is 0 Å². The van der Waals surface area contributed by atoms with Gasteiger partial charge in [-0.1, -0.05) is 194 Å². The summed E-state index contributed by atoms with van der Waals surface area (Å²) < 4.78 is 4.93. The third kappa shape index (κ3) is 5.18. The van der Waals surface area contributed by atoms with Crippen LogP contribution in [0.5, 0.6) is 0 Å². The van der Waals surface area contributed by atoms with Crippen LogP contribution in [0.3, 0.4) is 0 Å². The van der Waals surface area contributed by atoms with Gasteiger partial charge < -0.3 is 9.13 Å². The summed E-state index contributed by atoms with van der Waals surface area (Å²) in [5.74, 6) is 0. The molecule has 0 amide bonds. The Bertz CT molecular complexity index is 3770. The number of nitrogens with zero attached hydrogens (tertiary/aromatic N) is 2. The van der Waals surface area contributed by atoms with Crippen molar-refractivity contribution >= 4 is 105 Å². The van der Waals surface area contributed by atoms with Crippen molar-refractivity contribution in [2.75, 3.05) is 0 Å². The summed E-state index contributed by atoms with van der Waals surface area (Å²) in [6.07, 6.45) is 0. The Morgan fingerprint density at radius 2 is 0.635 bits per heavy atom. The van der Waals surface area contributed by atoms with Gasteiger partial charge in [0.05, 0.1) is 22.1 Å². The maximum atomic E-state index is 2.48. The van der Waals surface area contributed by atoms with Gasteiger partial charge in [-0.3, -0.25) is 0 Å². The maximum absolute atomic E-state index is 2.91. The van der Waals surface area contributed by atoms with Crippen molar-refractivity contribution < 1.29 is 0 Å². The predicted octanol–water partition coefficient (Wildman–Crippen LogP) is 12.7. The largest absolute Gasteiger partial charge is 0.309 e. The number of benzene rings is 11. The van der Waals surface area contributed by atoms with Gasteiger partial charge in [-0.05, 0) is 96.2 Å². The molecule has 2 aromatic heterocycles. The standard InChI is InChI=1S/C60H40N2Si/c1-3-19-43(20-4-1)63(44-21-5-2-6-22-44,46-23-17-18-42(40-46)62-55-31-14-11-27-50(55)51-28-12-15-32-56(51)62)45-36-34-41(35-37-45)61-57-33-16-13-30-54(57)60-58(61)39-38-53-49-26-8-7-24-47(49)48-25-9-10-29-52(48)59(53)60/h1-40H. The topological polar surface area (TPSA) is 9.86 Å². The zero-order valence-electron chi connectivity index (χ0n) is 34.5. The van der Waals surface area contributed by atoms with Crippen LogP contribution in [0.2, 0.25) is 0 Å². The Hall–Kier alpha value is -7.98. The van der Waals surface area contributed by atoms with E-state index in [0.29, 0.717) is 0 Å². The fourth-order valence-corrected chi connectivity index (χ4v) is 15.8. The molecule has 0 unspecified atom stereocenters. The highest BCUT2D eigenvalue weighted by Gasteiger charge is 2.41. The van der Waals surface area contributed by atoms with E-state index < -0.39 is 8.07 Å². The van der Waals surface area contributed by atoms with E-state index in [9.17, 15) is 0 Å². The minimum atomic E-state index is -2.91. The van der Waals surface area contributed by atoms with Crippen molar-refractivity contribution in [1.29, 1.82) is 0 Å². The number of fused-ring (bicyclic) bond motifs is 13. The SMILES string of the molecule is c1ccc([Si](c2ccccc2)(c2ccc(-n3c4ccccc4c4c5c6ccccc6c6ccccc6c5ccc43)cc2)c2cccc(-n3c4ccccc4c4ccccc43)c2)cc1. The van der Waals surface area contributed by atoms with E-state index >= 15 is 0 Å². The third-order valence-electron chi connectivity index (χ3n) is 13.6. The average Bonchev–Trinajstić information content (AvgIpc) is 3.88. The molecule has 0 spiro atoms. The second kappa shape index (κ2) is 14.0. The zero-order chi connectivity index (χ0) is 41.5. The van der Waals surface area contributed by atoms with E-state index in [1.54, 1.807) is 0 Å². The van der Waals surface area contributed by atoms with Crippen molar-refractivity contribution in [2.24, 2.45) is 0 Å². The highest BCUT2D eigenvalue weighted by Crippen LogP contribution is 2.43. The first kappa shape index (κ1) is 35.7. The monoisotopic (exact) mass is 816 g/mol. The van der Waals surface area contributed by atoms with Gasteiger partial charge in [0.15, 0.2) is 8.07 Å². The van der Waals surface area contributed by atoms with Gasteiger partial charge in [-0.25, -0.2) is 0 Å². The fraction of sp³-hybridized carbons (Fsp3) is 0. The third-order valence-corrected chi connectivity index (χ3v) is 18.4. The molecule has 13 aromatic rings. The maximum Gasteiger partial charge on any atom is 0.179 e. The van der Waals surface area contributed by atoms with Crippen LogP contribution in [0.15, 0.2) is 243 Å². The number of hydrogen-bond donors (Lipinski definition) is 0. The Labute approximate surface area is 366 Å². The zero-order valence-corrected chi connectivity index (χ0v) is 35.5. The van der Waals surface area contributed by atoms with Crippen molar-refractivity contribution in [1.82, 2.24) is 9.13 Å². The van der Waals surface area contributed by atoms with Crippen molar-refractivity contribution in [3.05, 3.63) is 243 Å². The number of aromatic nitrogens is 2. The van der Waals surface area contributed by atoms with Gasteiger partial charge in [-0.15, -0.1) is 0 Å². The van der Waals surface area contributed by atoms with Crippen LogP contribution in [-0.2, 0) is 0 Å². The van der Waals surface area contributed by atoms with E-state index in [1.165, 1.54) is 102 Å². The minimum Gasteiger partial charge on any atom is -0.309 e. The predicted molar refractivity (Wildman–Crippen MR) is 271 cm³/mol. The highest BCUT2D eigenvalue weighted by molar-refractivity contribution is 7.19. The van der Waals surface area contributed by atoms with E-state index in [-0.39, 0.29) is 0 Å². The molecule has 2 nitrogen and oxygen atoms in total. The lowest BCUT2D eigenvalue weighted by Crippen LogP contribution is -2.74. The molecule has 13 rings (SSSR count). The molecule has 0 radical (unpaired) electrons. The van der Waals surface area contributed by atoms with Crippen LogP contribution in [-0.4, -0.2) is 17.2 Å². The molecule has 0 aliphatic rings. The van der Waals surface area contributed by atoms with Crippen molar-refractivity contribution in [3.63, 3.8) is 0 Å². The Morgan fingerprint density at radius 3 is 1.22 bits per heavy atom. The molecule has 0 saturated heterocycles. The molecule has 0 fully saturated rings. The van der Waals surface area contributed by atoms with Crippen LogP contribution in [0.25, 0.3) is 87.3 Å². The van der Waals surface area contributed by atoms with Gasteiger partial charge in [0, 0.05) is 38.3 Å². The minimum absolute atomic E-state index is 1.15. The van der Waals surface area contributed by atoms with E-state index in [4.69, 9.17) is 0 Å². The van der Waals surface area contributed by atoms with Crippen LogP contribution in [0.1, 0.15) is 0 Å². The number of rotatable bonds is 6. The molecule has 2 heterocycles. The van der Waals surface area contributed by atoms with Gasteiger partial charge in [0.25, 0.3) is 0 Å². The van der Waals surface area contributed by atoms with Gasteiger partial charge in [0.1, 0.15) is 0 Å². The lowest BCUT2D eigenvalue weighted by atomic mass is 9.92. The van der Waals surface area contributed by atoms with E-state index in [2.05, 4.69) is 252 Å². The van der Waals surface area contributed by atoms with Crippen molar-refractivity contribution in [3.8, 4) is 11.4 Å². The first-order chi connectivity index (χ1) is 31.3. The molecule has 0 bridgehead atoms. The molecular weight excluding hydrogens is 777 g/mol. The van der Waals surface area contributed by atoms with Crippen LogP contribution >= 0.6 is 0 Å². The summed E-state index contributed by atoms with van der Waals surface area (Å²) in [5.41, 5.74) is 7.17. The first-order valence-corrected chi connectivity index (χ1v) is 23.9. The molecule has 0 N–H and O–H groups in total. The molecule has 294 valence electrons. The molecule has 0 saturated carbocycles. The lowest BCUT2D eigenvalue weighted by molar-refractivity contribution is 1.18. The van der Waals surface area contributed by atoms with Gasteiger partial charge in [0.2, 0.25) is 0 Å². The van der Waals surface area contributed by atoms with Gasteiger partial charge in [-0.2, -0.15) is 0 Å². The summed E-state index contributed by atoms with van der Waals surface area (Å²) in [6.45, 7) is 0. The Balaban J connectivity index is 1.06. The second-order valence-electron chi connectivity index (χ2n) is 16.8. The van der Waals surface area contributed by atoms with E-state index in [0.717, 1.165) is 5.69 Å². The fourth-order valence-electron chi connectivity index (χ4n) is 11.0. The molecule has 0 aliphatic carbocycles. The van der Waals surface area contributed by atoms with Crippen LogP contribution in [0.4, 0.5) is 0 Å². The molecule has 3 heteroatoms. The van der Waals surface area contributed by atoms with Crippen molar-refractivity contribution in [2.45, 2.75) is 0 Å². The molecule has 11 aromatic carbocycles. The number of para-hydroxylation sites is 3. The van der Waals surface area contributed by atoms with Crippen LogP contribution < -0.4 is 20.7 Å². The summed E-state index contributed by atoms with van der Waals surface area (Å²) >= 11 is 0. The normalized spacial score (nSPS) is 12.1. The molecule has 0 aliphatic heterocycles. The quantitative estimate of drug-likeness (QED) is 0.0899. The van der Waals surface area contributed by atoms with Crippen LogP contribution in [0, 0.1) is 0 Å². The average molecular weight is 817 g/mol. The number of hydrogen-bond acceptors (Lipinski definition) is 0. The molecular formula is C60H40N2Si. The highest BCUT2D eigenvalue weighted by atomic mass is 28.3. The first-order valence-electron chi connectivity index (χ1n) is 21.9. The lowest BCUT2D eigenvalue weighted by Gasteiger charge is -2.35. The molecule has 63 heavy (non-hydrogen) atoms. The summed E-state index contributed by atoms with van der Waals surface area (Å²) in [5, 5.41) is 18.3. The molecule has 0 atom stereocenters. The summed E-state index contributed by atoms with van der Waals surface area (Å²) in [4.78, 5) is 0. The van der Waals surface area contributed by atoms with Gasteiger partial charge >= 0.3 is 0 Å². The summed E-state index contributed by atoms with van der Waals surface area (Å²) in [7, 11) is -2.91. The smallest absolute Gasteiger partial charge is 0.179 e. The Morgan fingerprint density at radius 1 is 0.222 bits per heavy atom. The Kier molecular flexibility index (Phi) is 7.96.